The molecule has 1 aliphatic rings. The number of nitrogens with two attached hydrogens (primary N) is 1. The Balaban J connectivity index is 1.60. The van der Waals surface area contributed by atoms with Crippen molar-refractivity contribution in [2.75, 3.05) is 6.61 Å². The summed E-state index contributed by atoms with van der Waals surface area (Å²) in [6.45, 7) is 0.116. The van der Waals surface area contributed by atoms with Gasteiger partial charge in [0.05, 0.1) is 22.4 Å². The Bertz CT molecular complexity index is 1130. The van der Waals surface area contributed by atoms with E-state index in [0.717, 1.165) is 22.3 Å². The second-order valence-electron chi connectivity index (χ2n) is 7.77. The minimum atomic E-state index is -1.10. The van der Waals surface area contributed by atoms with Crippen LogP contribution in [0.3, 0.4) is 0 Å². The molecule has 0 saturated carbocycles. The van der Waals surface area contributed by atoms with E-state index in [0.29, 0.717) is 10.6 Å². The van der Waals surface area contributed by atoms with Crippen LogP contribution in [0.2, 0.25) is 10.0 Å². The Morgan fingerprint density at radius 1 is 0.938 bits per heavy atom. The predicted molar refractivity (Wildman–Crippen MR) is 124 cm³/mol. The molecule has 0 fully saturated rings. The molecule has 0 radical (unpaired) electrons. The average molecular weight is 470 g/mol. The molecule has 0 spiro atoms. The number of esters is 1. The van der Waals surface area contributed by atoms with Crippen molar-refractivity contribution >= 4 is 35.1 Å². The SMILES string of the molecule is N[C@H](CC(=O)O)[C@@H](C(=O)OCC1c2ccccc2-c2ccccc21)c1ccc(Cl)c(Cl)c1. The number of carbonyl (C=O) groups is 2. The Labute approximate surface area is 195 Å². The van der Waals surface area contributed by atoms with Crippen molar-refractivity contribution in [2.45, 2.75) is 24.3 Å². The first-order valence-corrected chi connectivity index (χ1v) is 10.9. The van der Waals surface area contributed by atoms with Gasteiger partial charge in [0.1, 0.15) is 6.61 Å². The van der Waals surface area contributed by atoms with E-state index in [-0.39, 0.29) is 17.5 Å². The third-order valence-electron chi connectivity index (χ3n) is 5.75. The van der Waals surface area contributed by atoms with Crippen LogP contribution < -0.4 is 5.73 Å². The maximum atomic E-state index is 13.2. The average Bonchev–Trinajstić information content (AvgIpc) is 3.08. The molecule has 0 bridgehead atoms. The van der Waals surface area contributed by atoms with E-state index >= 15 is 0 Å². The van der Waals surface area contributed by atoms with Gasteiger partial charge in [0.2, 0.25) is 0 Å². The van der Waals surface area contributed by atoms with Gasteiger partial charge in [-0.05, 0) is 39.9 Å². The van der Waals surface area contributed by atoms with Crippen LogP contribution in [0.4, 0.5) is 0 Å². The lowest BCUT2D eigenvalue weighted by atomic mass is 9.90. The summed E-state index contributed by atoms with van der Waals surface area (Å²) in [5, 5.41) is 9.78. The van der Waals surface area contributed by atoms with Gasteiger partial charge in [-0.25, -0.2) is 0 Å². The summed E-state index contributed by atoms with van der Waals surface area (Å²) in [6.07, 6.45) is -0.394. The summed E-state index contributed by atoms with van der Waals surface area (Å²) in [5.74, 6) is -2.81. The van der Waals surface area contributed by atoms with Gasteiger partial charge < -0.3 is 15.6 Å². The molecule has 5 nitrogen and oxygen atoms in total. The van der Waals surface area contributed by atoms with Gasteiger partial charge >= 0.3 is 11.9 Å². The molecule has 4 rings (SSSR count). The number of benzene rings is 3. The van der Waals surface area contributed by atoms with Crippen LogP contribution in [-0.2, 0) is 14.3 Å². The number of ether oxygens (including phenoxy) is 1. The van der Waals surface area contributed by atoms with E-state index in [1.807, 2.05) is 36.4 Å². The summed E-state index contributed by atoms with van der Waals surface area (Å²) < 4.78 is 5.74. The van der Waals surface area contributed by atoms with E-state index in [4.69, 9.17) is 33.7 Å². The number of halogens is 2. The lowest BCUT2D eigenvalue weighted by molar-refractivity contribution is -0.146. The van der Waals surface area contributed by atoms with Gasteiger partial charge in [0, 0.05) is 12.0 Å². The molecule has 164 valence electrons. The molecule has 2 atom stereocenters. The molecule has 7 heteroatoms. The number of fused-ring (bicyclic) bond motifs is 3. The van der Waals surface area contributed by atoms with Gasteiger partial charge in [-0.15, -0.1) is 0 Å². The van der Waals surface area contributed by atoms with Crippen LogP contribution in [0.25, 0.3) is 11.1 Å². The molecule has 0 saturated heterocycles. The number of carbonyl (C=O) groups excluding carboxylic acids is 1. The first kappa shape index (κ1) is 22.3. The van der Waals surface area contributed by atoms with E-state index in [1.165, 1.54) is 6.07 Å². The zero-order valence-corrected chi connectivity index (χ0v) is 18.5. The molecule has 0 amide bonds. The number of aliphatic carboxylic acids is 1. The minimum absolute atomic E-state index is 0.114. The smallest absolute Gasteiger partial charge is 0.315 e. The molecular formula is C25H21Cl2NO4. The highest BCUT2D eigenvalue weighted by molar-refractivity contribution is 6.42. The molecule has 0 aromatic heterocycles. The van der Waals surface area contributed by atoms with Crippen LogP contribution in [0, 0.1) is 0 Å². The summed E-state index contributed by atoms with van der Waals surface area (Å²) in [5.41, 5.74) is 11.0. The third kappa shape index (κ3) is 4.37. The third-order valence-corrected chi connectivity index (χ3v) is 6.49. The molecule has 0 heterocycles. The van der Waals surface area contributed by atoms with Crippen LogP contribution in [-0.4, -0.2) is 29.7 Å². The summed E-state index contributed by atoms with van der Waals surface area (Å²) in [4.78, 5) is 24.4. The van der Waals surface area contributed by atoms with E-state index < -0.39 is 30.3 Å². The highest BCUT2D eigenvalue weighted by atomic mass is 35.5. The number of carboxylic acid groups (broad SMARTS) is 1. The van der Waals surface area contributed by atoms with Crippen LogP contribution >= 0.6 is 23.2 Å². The lowest BCUT2D eigenvalue weighted by Crippen LogP contribution is -2.37. The normalized spacial score (nSPS) is 14.3. The standard InChI is InChI=1S/C25H21Cl2NO4/c26-20-10-9-14(11-21(20)27)24(22(28)12-23(29)30)25(31)32-13-19-17-7-3-1-5-15(17)16-6-2-4-8-18(16)19/h1-11,19,22,24H,12-13,28H2,(H,29,30)/t22-,24+/m1/s1. The van der Waals surface area contributed by atoms with Crippen LogP contribution in [0.5, 0.6) is 0 Å². The number of hydrogen-bond acceptors (Lipinski definition) is 4. The highest BCUT2D eigenvalue weighted by Crippen LogP contribution is 2.44. The first-order valence-electron chi connectivity index (χ1n) is 10.1. The lowest BCUT2D eigenvalue weighted by Gasteiger charge is -2.23. The quantitative estimate of drug-likeness (QED) is 0.462. The molecule has 0 unspecified atom stereocenters. The Morgan fingerprint density at radius 3 is 2.09 bits per heavy atom. The maximum Gasteiger partial charge on any atom is 0.315 e. The van der Waals surface area contributed by atoms with Gasteiger partial charge in [-0.3, -0.25) is 9.59 Å². The zero-order valence-electron chi connectivity index (χ0n) is 17.0. The zero-order chi connectivity index (χ0) is 22.8. The van der Waals surface area contributed by atoms with Crippen molar-refractivity contribution in [3.8, 4) is 11.1 Å². The second-order valence-corrected chi connectivity index (χ2v) is 8.58. The van der Waals surface area contributed by atoms with Crippen molar-refractivity contribution in [3.05, 3.63) is 93.5 Å². The van der Waals surface area contributed by atoms with Gasteiger partial charge in [-0.1, -0.05) is 77.8 Å². The maximum absolute atomic E-state index is 13.2. The molecule has 1 aliphatic carbocycles. The van der Waals surface area contributed by atoms with Crippen LogP contribution in [0.1, 0.15) is 34.9 Å². The number of rotatable bonds is 7. The fourth-order valence-corrected chi connectivity index (χ4v) is 4.58. The van der Waals surface area contributed by atoms with Gasteiger partial charge in [-0.2, -0.15) is 0 Å². The van der Waals surface area contributed by atoms with Crippen molar-refractivity contribution in [3.63, 3.8) is 0 Å². The minimum Gasteiger partial charge on any atom is -0.481 e. The van der Waals surface area contributed by atoms with E-state index in [2.05, 4.69) is 12.1 Å². The monoisotopic (exact) mass is 469 g/mol. The second kappa shape index (κ2) is 9.33. The molecule has 0 aliphatic heterocycles. The molecule has 3 aromatic rings. The largest absolute Gasteiger partial charge is 0.481 e. The van der Waals surface area contributed by atoms with Crippen molar-refractivity contribution in [1.82, 2.24) is 0 Å². The first-order chi connectivity index (χ1) is 15.4. The fraction of sp³-hybridized carbons (Fsp3) is 0.200. The predicted octanol–water partition coefficient (Wildman–Crippen LogP) is 5.23. The summed E-state index contributed by atoms with van der Waals surface area (Å²) in [7, 11) is 0. The topological polar surface area (TPSA) is 89.6 Å². The van der Waals surface area contributed by atoms with Gasteiger partial charge in [0.15, 0.2) is 0 Å². The molecule has 3 N–H and O–H groups in total. The molecular weight excluding hydrogens is 449 g/mol. The Kier molecular flexibility index (Phi) is 6.51. The van der Waals surface area contributed by atoms with E-state index in [1.54, 1.807) is 12.1 Å². The van der Waals surface area contributed by atoms with Gasteiger partial charge in [0.25, 0.3) is 0 Å². The number of carboxylic acids is 1. The molecule has 32 heavy (non-hydrogen) atoms. The van der Waals surface area contributed by atoms with Crippen molar-refractivity contribution in [2.24, 2.45) is 5.73 Å². The Hall–Kier alpha value is -2.86. The summed E-state index contributed by atoms with van der Waals surface area (Å²) >= 11 is 12.1. The van der Waals surface area contributed by atoms with Crippen molar-refractivity contribution in [1.29, 1.82) is 0 Å². The fourth-order valence-electron chi connectivity index (χ4n) is 4.28. The Morgan fingerprint density at radius 2 is 1.53 bits per heavy atom. The van der Waals surface area contributed by atoms with Crippen LogP contribution in [0.15, 0.2) is 66.7 Å². The van der Waals surface area contributed by atoms with Crippen molar-refractivity contribution < 1.29 is 19.4 Å². The summed E-state index contributed by atoms with van der Waals surface area (Å²) in [6, 6.07) is 19.7. The number of hydrogen-bond donors (Lipinski definition) is 2. The van der Waals surface area contributed by atoms with E-state index in [9.17, 15) is 14.7 Å². The molecule has 3 aromatic carbocycles. The highest BCUT2D eigenvalue weighted by Gasteiger charge is 2.34.